The van der Waals surface area contributed by atoms with Gasteiger partial charge in [0, 0.05) is 24.6 Å². The molecule has 0 aliphatic carbocycles. The van der Waals surface area contributed by atoms with E-state index in [4.69, 9.17) is 12.2 Å². The highest BCUT2D eigenvalue weighted by molar-refractivity contribution is 7.80. The first kappa shape index (κ1) is 19.2. The molecule has 1 saturated heterocycles. The predicted octanol–water partition coefficient (Wildman–Crippen LogP) is 3.60. The summed E-state index contributed by atoms with van der Waals surface area (Å²) in [6.45, 7) is 11.5. The fourth-order valence-corrected chi connectivity index (χ4v) is 4.39. The molecule has 1 aromatic carbocycles. The van der Waals surface area contributed by atoms with Gasteiger partial charge in [0.1, 0.15) is 0 Å². The van der Waals surface area contributed by atoms with Crippen LogP contribution in [0.2, 0.25) is 0 Å². The Balaban J connectivity index is 1.88. The van der Waals surface area contributed by atoms with E-state index >= 15 is 0 Å². The van der Waals surface area contributed by atoms with Crippen LogP contribution in [0.1, 0.15) is 65.9 Å². The molecular formula is C20H34N3S+. The minimum absolute atomic E-state index is 0.246. The molecule has 2 rings (SSSR count). The number of thiocarbonyl (C=S) groups is 1. The normalized spacial score (nSPS) is 19.7. The summed E-state index contributed by atoms with van der Waals surface area (Å²) in [5.74, 6) is 0. The van der Waals surface area contributed by atoms with Crippen molar-refractivity contribution in [3.8, 4) is 0 Å². The van der Waals surface area contributed by atoms with E-state index in [1.807, 2.05) is 0 Å². The van der Waals surface area contributed by atoms with Gasteiger partial charge in [-0.3, -0.25) is 0 Å². The molecule has 1 aromatic rings. The van der Waals surface area contributed by atoms with Crippen LogP contribution in [0.15, 0.2) is 24.3 Å². The summed E-state index contributed by atoms with van der Waals surface area (Å²) in [6.07, 6.45) is 5.88. The molecule has 24 heavy (non-hydrogen) atoms. The van der Waals surface area contributed by atoms with Crippen LogP contribution in [0.5, 0.6) is 0 Å². The first-order valence-electron chi connectivity index (χ1n) is 9.23. The highest BCUT2D eigenvalue weighted by atomic mass is 32.1. The number of unbranched alkanes of at least 4 members (excludes halogenated alkanes) is 1. The van der Waals surface area contributed by atoms with Crippen LogP contribution in [-0.4, -0.2) is 22.2 Å². The van der Waals surface area contributed by atoms with E-state index in [0.717, 1.165) is 30.1 Å². The summed E-state index contributed by atoms with van der Waals surface area (Å²) >= 11 is 5.54. The van der Waals surface area contributed by atoms with E-state index in [1.54, 1.807) is 0 Å². The standard InChI is InChI=1S/C20H33N3S/c1-6-7-8-15-9-11-16(12-10-15)21-18(24)22-17-13-19(2,3)23-20(4,5)14-17/h9-12,17,23H,6-8,13-14H2,1-5H3,(H2,21,22,24)/p+1. The van der Waals surface area contributed by atoms with Crippen molar-refractivity contribution in [3.05, 3.63) is 29.8 Å². The summed E-state index contributed by atoms with van der Waals surface area (Å²) in [5.41, 5.74) is 2.95. The van der Waals surface area contributed by atoms with Gasteiger partial charge in [0.05, 0.1) is 11.1 Å². The molecule has 3 nitrogen and oxygen atoms in total. The van der Waals surface area contributed by atoms with Crippen molar-refractivity contribution in [2.45, 2.75) is 83.8 Å². The third kappa shape index (κ3) is 6.06. The van der Waals surface area contributed by atoms with Crippen LogP contribution < -0.4 is 16.0 Å². The second-order valence-corrected chi connectivity index (χ2v) is 9.03. The molecule has 0 atom stereocenters. The van der Waals surface area contributed by atoms with Gasteiger partial charge in [-0.15, -0.1) is 0 Å². The summed E-state index contributed by atoms with van der Waals surface area (Å²) in [7, 11) is 0. The van der Waals surface area contributed by atoms with E-state index in [1.165, 1.54) is 18.4 Å². The molecule has 0 bridgehead atoms. The minimum Gasteiger partial charge on any atom is -0.359 e. The molecule has 1 aliphatic rings. The largest absolute Gasteiger partial charge is 0.359 e. The topological polar surface area (TPSA) is 40.7 Å². The summed E-state index contributed by atoms with van der Waals surface area (Å²) in [4.78, 5) is 0. The number of hydrogen-bond donors (Lipinski definition) is 3. The van der Waals surface area contributed by atoms with Crippen molar-refractivity contribution in [2.24, 2.45) is 0 Å². The highest BCUT2D eigenvalue weighted by Crippen LogP contribution is 2.22. The number of piperidine rings is 1. The monoisotopic (exact) mass is 348 g/mol. The maximum atomic E-state index is 5.54. The molecule has 1 heterocycles. The lowest BCUT2D eigenvalue weighted by atomic mass is 9.80. The zero-order chi connectivity index (χ0) is 17.8. The van der Waals surface area contributed by atoms with Crippen LogP contribution in [-0.2, 0) is 6.42 Å². The molecule has 4 heteroatoms. The summed E-state index contributed by atoms with van der Waals surface area (Å²) in [5, 5.41) is 10.1. The first-order valence-corrected chi connectivity index (χ1v) is 9.63. The summed E-state index contributed by atoms with van der Waals surface area (Å²) in [6, 6.07) is 9.07. The Morgan fingerprint density at radius 3 is 2.25 bits per heavy atom. The van der Waals surface area contributed by atoms with Crippen molar-refractivity contribution >= 4 is 23.0 Å². The summed E-state index contributed by atoms with van der Waals surface area (Å²) < 4.78 is 0. The lowest BCUT2D eigenvalue weighted by Gasteiger charge is -2.43. The Hall–Kier alpha value is -1.13. The highest BCUT2D eigenvalue weighted by Gasteiger charge is 2.41. The third-order valence-corrected chi connectivity index (χ3v) is 4.91. The lowest BCUT2D eigenvalue weighted by molar-refractivity contribution is -0.787. The maximum absolute atomic E-state index is 5.54. The quantitative estimate of drug-likeness (QED) is 0.712. The van der Waals surface area contributed by atoms with Crippen molar-refractivity contribution in [2.75, 3.05) is 5.32 Å². The van der Waals surface area contributed by atoms with Crippen molar-refractivity contribution in [1.29, 1.82) is 0 Å². The Morgan fingerprint density at radius 1 is 1.12 bits per heavy atom. The van der Waals surface area contributed by atoms with Crippen molar-refractivity contribution in [3.63, 3.8) is 0 Å². The van der Waals surface area contributed by atoms with Gasteiger partial charge >= 0.3 is 0 Å². The third-order valence-electron chi connectivity index (χ3n) is 4.69. The second kappa shape index (κ2) is 7.83. The molecule has 0 saturated carbocycles. The van der Waals surface area contributed by atoms with Crippen molar-refractivity contribution in [1.82, 2.24) is 5.32 Å². The maximum Gasteiger partial charge on any atom is 0.171 e. The van der Waals surface area contributed by atoms with Crippen LogP contribution in [0.25, 0.3) is 0 Å². The minimum atomic E-state index is 0.246. The van der Waals surface area contributed by atoms with Gasteiger partial charge in [0.15, 0.2) is 5.11 Å². The second-order valence-electron chi connectivity index (χ2n) is 8.63. The Morgan fingerprint density at radius 2 is 1.71 bits per heavy atom. The number of aryl methyl sites for hydroxylation is 1. The number of rotatable bonds is 5. The average Bonchev–Trinajstić information content (AvgIpc) is 2.43. The van der Waals surface area contributed by atoms with Gasteiger partial charge in [0.2, 0.25) is 0 Å². The van der Waals surface area contributed by atoms with Crippen LogP contribution in [0.4, 0.5) is 5.69 Å². The average molecular weight is 349 g/mol. The number of benzene rings is 1. The molecule has 0 unspecified atom stereocenters. The van der Waals surface area contributed by atoms with E-state index < -0.39 is 0 Å². The lowest BCUT2D eigenvalue weighted by Crippen LogP contribution is -3.06. The van der Waals surface area contributed by atoms with Gasteiger partial charge in [0.25, 0.3) is 0 Å². The number of hydrogen-bond acceptors (Lipinski definition) is 1. The fourth-order valence-electron chi connectivity index (χ4n) is 4.11. The zero-order valence-electron chi connectivity index (χ0n) is 15.9. The van der Waals surface area contributed by atoms with E-state index in [0.29, 0.717) is 6.04 Å². The van der Waals surface area contributed by atoms with Crippen LogP contribution in [0.3, 0.4) is 0 Å². The molecule has 0 radical (unpaired) electrons. The molecule has 1 fully saturated rings. The number of nitrogens with two attached hydrogens (primary N) is 1. The predicted molar refractivity (Wildman–Crippen MR) is 108 cm³/mol. The number of quaternary nitrogens is 1. The van der Waals surface area contributed by atoms with Gasteiger partial charge in [-0.05, 0) is 70.5 Å². The number of anilines is 1. The molecule has 0 amide bonds. The van der Waals surface area contributed by atoms with E-state index in [-0.39, 0.29) is 11.1 Å². The Bertz CT molecular complexity index is 533. The van der Waals surface area contributed by atoms with Gasteiger partial charge in [-0.1, -0.05) is 25.5 Å². The van der Waals surface area contributed by atoms with E-state index in [2.05, 4.69) is 74.8 Å². The SMILES string of the molecule is CCCCc1ccc(NC(=S)NC2CC(C)(C)[NH2+]C(C)(C)C2)cc1. The Labute approximate surface area is 153 Å². The Kier molecular flexibility index (Phi) is 6.27. The molecule has 0 spiro atoms. The smallest absolute Gasteiger partial charge is 0.171 e. The molecule has 0 aromatic heterocycles. The zero-order valence-corrected chi connectivity index (χ0v) is 16.7. The van der Waals surface area contributed by atoms with Gasteiger partial charge in [-0.25, -0.2) is 0 Å². The number of nitrogens with one attached hydrogen (secondary N) is 2. The van der Waals surface area contributed by atoms with Gasteiger partial charge in [-0.2, -0.15) is 0 Å². The molecule has 1 aliphatic heterocycles. The van der Waals surface area contributed by atoms with Crippen molar-refractivity contribution < 1.29 is 5.32 Å². The molecular weight excluding hydrogens is 314 g/mol. The fraction of sp³-hybridized carbons (Fsp3) is 0.650. The molecule has 4 N–H and O–H groups in total. The molecule has 134 valence electrons. The first-order chi connectivity index (χ1) is 11.2. The van der Waals surface area contributed by atoms with Crippen LogP contribution in [0, 0.1) is 0 Å². The van der Waals surface area contributed by atoms with E-state index in [9.17, 15) is 0 Å². The van der Waals surface area contributed by atoms with Crippen LogP contribution >= 0.6 is 12.2 Å². The van der Waals surface area contributed by atoms with Gasteiger partial charge < -0.3 is 16.0 Å².